The molecule has 1 aliphatic rings. The third kappa shape index (κ3) is 5.52. The number of hydrogen-bond acceptors (Lipinski definition) is 8. The number of hydrogen-bond donors (Lipinski definition) is 1. The van der Waals surface area contributed by atoms with E-state index >= 15 is 0 Å². The maximum atomic E-state index is 12.8. The number of benzene rings is 3. The van der Waals surface area contributed by atoms with Crippen LogP contribution in [0.5, 0.6) is 28.7 Å². The summed E-state index contributed by atoms with van der Waals surface area (Å²) in [4.78, 5) is 12.8. The lowest BCUT2D eigenvalue weighted by Gasteiger charge is -2.28. The van der Waals surface area contributed by atoms with Crippen molar-refractivity contribution in [3.63, 3.8) is 0 Å². The molecule has 0 amide bonds. The fourth-order valence-electron chi connectivity index (χ4n) is 4.35. The van der Waals surface area contributed by atoms with Gasteiger partial charge in [0.25, 0.3) is 0 Å². The first-order valence-corrected chi connectivity index (χ1v) is 12.4. The topological polar surface area (TPSA) is 113 Å². The molecule has 2 N–H and O–H groups in total. The van der Waals surface area contributed by atoms with Gasteiger partial charge in [0.05, 0.1) is 32.3 Å². The Bertz CT molecular complexity index is 1370. The molecule has 196 valence electrons. The number of fused-ring (bicyclic) bond motifs is 1. The molecule has 3 aromatic rings. The summed E-state index contributed by atoms with van der Waals surface area (Å²) in [7, 11) is 3.08. The third-order valence-corrected chi connectivity index (χ3v) is 6.25. The highest BCUT2D eigenvalue weighted by Crippen LogP contribution is 2.47. The highest BCUT2D eigenvalue weighted by molar-refractivity contribution is 5.91. The number of esters is 1. The number of nitrogens with zero attached hydrogens (tertiary/aromatic N) is 1. The molecule has 0 aromatic heterocycles. The summed E-state index contributed by atoms with van der Waals surface area (Å²) in [6, 6.07) is 19.4. The number of carbonyl (C=O) groups is 1. The molecule has 0 aliphatic carbocycles. The molecule has 1 aliphatic heterocycles. The van der Waals surface area contributed by atoms with Gasteiger partial charge in [-0.1, -0.05) is 38.0 Å². The molecule has 0 saturated carbocycles. The minimum atomic E-state index is -0.566. The van der Waals surface area contributed by atoms with Gasteiger partial charge in [-0.25, -0.2) is 4.79 Å². The van der Waals surface area contributed by atoms with Crippen molar-refractivity contribution in [3.05, 3.63) is 88.8 Å². The molecule has 0 spiro atoms. The number of nitrogens with two attached hydrogens (primary N) is 1. The van der Waals surface area contributed by atoms with Crippen molar-refractivity contribution < 1.29 is 28.5 Å². The highest BCUT2D eigenvalue weighted by atomic mass is 16.5. The van der Waals surface area contributed by atoms with Crippen molar-refractivity contribution in [1.29, 1.82) is 5.26 Å². The lowest BCUT2D eigenvalue weighted by molar-refractivity contribution is 0.0734. The first-order chi connectivity index (χ1) is 18.5. The van der Waals surface area contributed by atoms with Crippen LogP contribution in [0.4, 0.5) is 0 Å². The molecule has 0 bridgehead atoms. The number of allylic oxidation sites excluding steroid dienone is 1. The van der Waals surface area contributed by atoms with Gasteiger partial charge in [-0.05, 0) is 42.8 Å². The first-order valence-electron chi connectivity index (χ1n) is 12.4. The third-order valence-electron chi connectivity index (χ3n) is 6.25. The summed E-state index contributed by atoms with van der Waals surface area (Å²) in [5.74, 6) is 1.24. The SMILES string of the molecule is CCCCCOc1ccc(C(=O)Oc2ccc3c(c2)OC(N)=C(C#N)C3c2cccc(OC)c2OC)cc1. The van der Waals surface area contributed by atoms with Crippen LogP contribution in [0.15, 0.2) is 72.1 Å². The molecule has 1 atom stereocenters. The van der Waals surface area contributed by atoms with Crippen LogP contribution in [0, 0.1) is 11.3 Å². The molecule has 4 rings (SSSR count). The monoisotopic (exact) mass is 514 g/mol. The minimum Gasteiger partial charge on any atom is -0.494 e. The summed E-state index contributed by atoms with van der Waals surface area (Å²) in [5, 5.41) is 9.88. The van der Waals surface area contributed by atoms with Gasteiger partial charge < -0.3 is 29.4 Å². The smallest absolute Gasteiger partial charge is 0.343 e. The zero-order valence-electron chi connectivity index (χ0n) is 21.7. The number of ether oxygens (including phenoxy) is 5. The Kier molecular flexibility index (Phi) is 8.39. The number of nitriles is 1. The zero-order valence-corrected chi connectivity index (χ0v) is 21.7. The van der Waals surface area contributed by atoms with E-state index in [9.17, 15) is 10.1 Å². The van der Waals surface area contributed by atoms with Crippen LogP contribution in [-0.4, -0.2) is 26.8 Å². The molecule has 0 radical (unpaired) electrons. The Morgan fingerprint density at radius 2 is 1.76 bits per heavy atom. The van der Waals surface area contributed by atoms with Gasteiger partial charge >= 0.3 is 5.97 Å². The van der Waals surface area contributed by atoms with Gasteiger partial charge in [-0.3, -0.25) is 0 Å². The summed E-state index contributed by atoms with van der Waals surface area (Å²) in [6.45, 7) is 2.78. The van der Waals surface area contributed by atoms with Crippen molar-refractivity contribution in [2.75, 3.05) is 20.8 Å². The van der Waals surface area contributed by atoms with E-state index in [4.69, 9.17) is 29.4 Å². The largest absolute Gasteiger partial charge is 0.494 e. The quantitative estimate of drug-likeness (QED) is 0.208. The van der Waals surface area contributed by atoms with Crippen LogP contribution in [-0.2, 0) is 0 Å². The van der Waals surface area contributed by atoms with Gasteiger partial charge in [0.1, 0.15) is 28.9 Å². The second kappa shape index (κ2) is 12.1. The molecule has 0 fully saturated rings. The van der Waals surface area contributed by atoms with Crippen LogP contribution in [0.3, 0.4) is 0 Å². The van der Waals surface area contributed by atoms with Crippen molar-refractivity contribution in [2.45, 2.75) is 32.1 Å². The molecule has 1 heterocycles. The summed E-state index contributed by atoms with van der Waals surface area (Å²) >= 11 is 0. The number of rotatable bonds is 10. The van der Waals surface area contributed by atoms with E-state index < -0.39 is 11.9 Å². The van der Waals surface area contributed by atoms with E-state index in [0.717, 1.165) is 19.3 Å². The predicted molar refractivity (Wildman–Crippen MR) is 142 cm³/mol. The minimum absolute atomic E-state index is 0.0344. The van der Waals surface area contributed by atoms with Gasteiger partial charge in [0.2, 0.25) is 5.88 Å². The molecule has 3 aromatic carbocycles. The molecular weight excluding hydrogens is 484 g/mol. The Labute approximate surface area is 222 Å². The van der Waals surface area contributed by atoms with E-state index in [-0.39, 0.29) is 17.2 Å². The lowest BCUT2D eigenvalue weighted by atomic mass is 9.83. The van der Waals surface area contributed by atoms with Crippen LogP contribution in [0.25, 0.3) is 0 Å². The van der Waals surface area contributed by atoms with Crippen LogP contribution >= 0.6 is 0 Å². The normalized spacial score (nSPS) is 14.1. The molecule has 8 nitrogen and oxygen atoms in total. The Morgan fingerprint density at radius 1 is 1.00 bits per heavy atom. The van der Waals surface area contributed by atoms with Crippen LogP contribution < -0.4 is 29.4 Å². The summed E-state index contributed by atoms with van der Waals surface area (Å²) in [5.41, 5.74) is 8.14. The van der Waals surface area contributed by atoms with E-state index in [0.29, 0.717) is 46.3 Å². The van der Waals surface area contributed by atoms with Gasteiger partial charge in [-0.2, -0.15) is 5.26 Å². The summed E-state index contributed by atoms with van der Waals surface area (Å²) in [6.07, 6.45) is 3.23. The average molecular weight is 515 g/mol. The van der Waals surface area contributed by atoms with Crippen molar-refractivity contribution in [2.24, 2.45) is 5.73 Å². The maximum absolute atomic E-state index is 12.8. The van der Waals surface area contributed by atoms with Gasteiger partial charge in [0, 0.05) is 17.2 Å². The van der Waals surface area contributed by atoms with E-state index in [2.05, 4.69) is 13.0 Å². The van der Waals surface area contributed by atoms with Gasteiger partial charge in [0.15, 0.2) is 11.5 Å². The molecular formula is C30H30N2O6. The Balaban J connectivity index is 1.57. The predicted octanol–water partition coefficient (Wildman–Crippen LogP) is 5.71. The standard InChI is InChI=1S/C30H30N2O6/c1-4-5-6-16-36-20-12-10-19(11-13-20)30(33)37-21-14-15-22-26(17-21)38-29(32)24(18-31)27(22)23-8-7-9-25(34-2)28(23)35-3/h7-15,17,27H,4-6,16,32H2,1-3H3. The zero-order chi connectivity index (χ0) is 27.1. The van der Waals surface area contributed by atoms with Crippen molar-refractivity contribution >= 4 is 5.97 Å². The molecule has 38 heavy (non-hydrogen) atoms. The highest BCUT2D eigenvalue weighted by Gasteiger charge is 2.33. The Hall–Kier alpha value is -4.64. The fourth-order valence-corrected chi connectivity index (χ4v) is 4.35. The van der Waals surface area contributed by atoms with Crippen molar-refractivity contribution in [1.82, 2.24) is 0 Å². The lowest BCUT2D eigenvalue weighted by Crippen LogP contribution is -2.21. The number of carbonyl (C=O) groups excluding carboxylic acids is 1. The fraction of sp³-hybridized carbons (Fsp3) is 0.267. The van der Waals surface area contributed by atoms with Gasteiger partial charge in [-0.15, -0.1) is 0 Å². The number of para-hydroxylation sites is 1. The van der Waals surface area contributed by atoms with E-state index in [1.807, 2.05) is 12.1 Å². The first kappa shape index (κ1) is 26.4. The molecule has 1 unspecified atom stereocenters. The van der Waals surface area contributed by atoms with Crippen LogP contribution in [0.2, 0.25) is 0 Å². The maximum Gasteiger partial charge on any atom is 0.343 e. The molecule has 8 heteroatoms. The molecule has 0 saturated heterocycles. The summed E-state index contributed by atoms with van der Waals surface area (Å²) < 4.78 is 28.1. The van der Waals surface area contributed by atoms with Crippen molar-refractivity contribution in [3.8, 4) is 34.8 Å². The number of unbranched alkanes of at least 4 members (excludes halogenated alkanes) is 2. The van der Waals surface area contributed by atoms with E-state index in [1.165, 1.54) is 7.11 Å². The second-order valence-corrected chi connectivity index (χ2v) is 8.68. The van der Waals surface area contributed by atoms with E-state index in [1.54, 1.807) is 55.6 Å². The Morgan fingerprint density at radius 3 is 2.45 bits per heavy atom. The number of methoxy groups -OCH3 is 2. The average Bonchev–Trinajstić information content (AvgIpc) is 2.94. The second-order valence-electron chi connectivity index (χ2n) is 8.68. The van der Waals surface area contributed by atoms with Crippen LogP contribution in [0.1, 0.15) is 53.6 Å².